The SMILES string of the molecule is CCC(=O)N1CCCN(C(=O)c2cc(N)n[nH]2)CC1. The van der Waals surface area contributed by atoms with Crippen molar-refractivity contribution in [2.75, 3.05) is 31.9 Å². The Balaban J connectivity index is 1.99. The maximum atomic E-state index is 12.2. The number of nitrogens with one attached hydrogen (secondary N) is 1. The molecule has 0 aliphatic carbocycles. The van der Waals surface area contributed by atoms with Gasteiger partial charge in [-0.25, -0.2) is 0 Å². The topological polar surface area (TPSA) is 95.3 Å². The third kappa shape index (κ3) is 3.04. The second-order valence-corrected chi connectivity index (χ2v) is 4.59. The molecule has 0 unspecified atom stereocenters. The van der Waals surface area contributed by atoms with Gasteiger partial charge in [0, 0.05) is 38.7 Å². The Labute approximate surface area is 111 Å². The number of anilines is 1. The van der Waals surface area contributed by atoms with Crippen LogP contribution in [0.3, 0.4) is 0 Å². The minimum Gasteiger partial charge on any atom is -0.382 e. The Hall–Kier alpha value is -2.05. The van der Waals surface area contributed by atoms with E-state index in [4.69, 9.17) is 5.73 Å². The van der Waals surface area contributed by atoms with Gasteiger partial charge in [0.2, 0.25) is 5.91 Å². The van der Waals surface area contributed by atoms with Gasteiger partial charge in [-0.05, 0) is 6.42 Å². The van der Waals surface area contributed by atoms with E-state index >= 15 is 0 Å². The van der Waals surface area contributed by atoms with Crippen LogP contribution < -0.4 is 5.73 Å². The van der Waals surface area contributed by atoms with E-state index in [2.05, 4.69) is 10.2 Å². The van der Waals surface area contributed by atoms with Gasteiger partial charge in [-0.2, -0.15) is 5.10 Å². The van der Waals surface area contributed by atoms with E-state index in [-0.39, 0.29) is 11.8 Å². The fraction of sp³-hybridized carbons (Fsp3) is 0.583. The molecule has 0 saturated carbocycles. The molecule has 0 atom stereocenters. The number of hydrogen-bond donors (Lipinski definition) is 2. The summed E-state index contributed by atoms with van der Waals surface area (Å²) in [7, 11) is 0. The summed E-state index contributed by atoms with van der Waals surface area (Å²) in [6, 6.07) is 1.53. The van der Waals surface area contributed by atoms with Gasteiger partial charge in [-0.1, -0.05) is 6.92 Å². The van der Waals surface area contributed by atoms with Gasteiger partial charge >= 0.3 is 0 Å². The largest absolute Gasteiger partial charge is 0.382 e. The monoisotopic (exact) mass is 265 g/mol. The van der Waals surface area contributed by atoms with Crippen molar-refractivity contribution in [2.24, 2.45) is 0 Å². The summed E-state index contributed by atoms with van der Waals surface area (Å²) >= 11 is 0. The van der Waals surface area contributed by atoms with Crippen molar-refractivity contribution in [1.82, 2.24) is 20.0 Å². The van der Waals surface area contributed by atoms with Crippen LogP contribution in [0.25, 0.3) is 0 Å². The Kier molecular flexibility index (Phi) is 4.03. The molecule has 0 aromatic carbocycles. The number of H-pyrrole nitrogens is 1. The molecule has 2 rings (SSSR count). The van der Waals surface area contributed by atoms with Crippen LogP contribution in [0.15, 0.2) is 6.07 Å². The third-order valence-corrected chi connectivity index (χ3v) is 3.27. The van der Waals surface area contributed by atoms with Crippen LogP contribution in [0.4, 0.5) is 5.82 Å². The summed E-state index contributed by atoms with van der Waals surface area (Å²) in [6.45, 7) is 4.34. The second-order valence-electron chi connectivity index (χ2n) is 4.59. The van der Waals surface area contributed by atoms with Gasteiger partial charge in [0.1, 0.15) is 11.5 Å². The van der Waals surface area contributed by atoms with Gasteiger partial charge in [0.15, 0.2) is 0 Å². The lowest BCUT2D eigenvalue weighted by molar-refractivity contribution is -0.130. The molecule has 1 aromatic heterocycles. The summed E-state index contributed by atoms with van der Waals surface area (Å²) in [5.41, 5.74) is 5.89. The van der Waals surface area contributed by atoms with E-state index in [0.29, 0.717) is 44.1 Å². The number of nitrogens with zero attached hydrogens (tertiary/aromatic N) is 3. The Morgan fingerprint density at radius 1 is 1.32 bits per heavy atom. The third-order valence-electron chi connectivity index (χ3n) is 3.27. The molecule has 19 heavy (non-hydrogen) atoms. The van der Waals surface area contributed by atoms with E-state index in [1.54, 1.807) is 4.90 Å². The average Bonchev–Trinajstić information content (AvgIpc) is 2.71. The van der Waals surface area contributed by atoms with Crippen molar-refractivity contribution >= 4 is 17.6 Å². The Bertz CT molecular complexity index is 470. The fourth-order valence-electron chi connectivity index (χ4n) is 2.21. The molecule has 2 heterocycles. The first kappa shape index (κ1) is 13.4. The Morgan fingerprint density at radius 2 is 2.00 bits per heavy atom. The van der Waals surface area contributed by atoms with Crippen molar-refractivity contribution in [3.8, 4) is 0 Å². The standard InChI is InChI=1S/C12H19N5O2/c1-2-11(18)16-4-3-5-17(7-6-16)12(19)9-8-10(13)15-14-9/h8H,2-7H2,1H3,(H3,13,14,15). The van der Waals surface area contributed by atoms with Crippen molar-refractivity contribution < 1.29 is 9.59 Å². The number of rotatable bonds is 2. The molecular formula is C12H19N5O2. The lowest BCUT2D eigenvalue weighted by atomic mass is 10.3. The maximum Gasteiger partial charge on any atom is 0.272 e. The van der Waals surface area contributed by atoms with Crippen LogP contribution >= 0.6 is 0 Å². The summed E-state index contributed by atoms with van der Waals surface area (Å²) in [6.07, 6.45) is 1.30. The zero-order valence-electron chi connectivity index (χ0n) is 11.1. The van der Waals surface area contributed by atoms with Crippen LogP contribution in [0.5, 0.6) is 0 Å². The molecular weight excluding hydrogens is 246 g/mol. The quantitative estimate of drug-likeness (QED) is 0.791. The fourth-order valence-corrected chi connectivity index (χ4v) is 2.21. The zero-order chi connectivity index (χ0) is 13.8. The minimum atomic E-state index is -0.116. The lowest BCUT2D eigenvalue weighted by Crippen LogP contribution is -2.37. The van der Waals surface area contributed by atoms with Crippen LogP contribution in [0.2, 0.25) is 0 Å². The highest BCUT2D eigenvalue weighted by Gasteiger charge is 2.23. The molecule has 0 spiro atoms. The smallest absolute Gasteiger partial charge is 0.272 e. The molecule has 104 valence electrons. The number of aromatic nitrogens is 2. The Morgan fingerprint density at radius 3 is 2.63 bits per heavy atom. The van der Waals surface area contributed by atoms with Crippen LogP contribution in [0.1, 0.15) is 30.3 Å². The summed E-state index contributed by atoms with van der Waals surface area (Å²) in [5, 5.41) is 6.37. The van der Waals surface area contributed by atoms with Crippen molar-refractivity contribution in [2.45, 2.75) is 19.8 Å². The number of amides is 2. The first-order chi connectivity index (χ1) is 9.11. The molecule has 0 bridgehead atoms. The summed E-state index contributed by atoms with van der Waals surface area (Å²) < 4.78 is 0. The first-order valence-electron chi connectivity index (χ1n) is 6.49. The van der Waals surface area contributed by atoms with E-state index in [1.807, 2.05) is 11.8 Å². The lowest BCUT2D eigenvalue weighted by Gasteiger charge is -2.21. The number of hydrogen-bond acceptors (Lipinski definition) is 4. The minimum absolute atomic E-state index is 0.116. The molecule has 1 fully saturated rings. The van der Waals surface area contributed by atoms with E-state index in [1.165, 1.54) is 6.07 Å². The van der Waals surface area contributed by atoms with Crippen molar-refractivity contribution in [3.05, 3.63) is 11.8 Å². The molecule has 3 N–H and O–H groups in total. The summed E-state index contributed by atoms with van der Waals surface area (Å²) in [4.78, 5) is 27.4. The number of nitrogen functional groups attached to an aromatic ring is 1. The van der Waals surface area contributed by atoms with Gasteiger partial charge in [-0.15, -0.1) is 0 Å². The molecule has 0 radical (unpaired) electrons. The van der Waals surface area contributed by atoms with Gasteiger partial charge in [-0.3, -0.25) is 14.7 Å². The van der Waals surface area contributed by atoms with Crippen LogP contribution in [-0.4, -0.2) is 58.0 Å². The molecule has 1 saturated heterocycles. The predicted octanol–water partition coefficient (Wildman–Crippen LogP) is 0.0764. The van der Waals surface area contributed by atoms with E-state index in [9.17, 15) is 9.59 Å². The van der Waals surface area contributed by atoms with Gasteiger partial charge in [0.05, 0.1) is 0 Å². The molecule has 7 heteroatoms. The first-order valence-corrected chi connectivity index (χ1v) is 6.49. The molecule has 1 aliphatic rings. The van der Waals surface area contributed by atoms with E-state index in [0.717, 1.165) is 6.42 Å². The average molecular weight is 265 g/mol. The van der Waals surface area contributed by atoms with Gasteiger partial charge < -0.3 is 15.5 Å². The number of aromatic amines is 1. The highest BCUT2D eigenvalue weighted by atomic mass is 16.2. The zero-order valence-corrected chi connectivity index (χ0v) is 11.1. The molecule has 2 amide bonds. The van der Waals surface area contributed by atoms with Gasteiger partial charge in [0.25, 0.3) is 5.91 Å². The van der Waals surface area contributed by atoms with Crippen molar-refractivity contribution in [1.29, 1.82) is 0 Å². The van der Waals surface area contributed by atoms with Crippen LogP contribution in [-0.2, 0) is 4.79 Å². The number of carbonyl (C=O) groups excluding carboxylic acids is 2. The maximum absolute atomic E-state index is 12.2. The normalized spacial score (nSPS) is 16.3. The number of nitrogens with two attached hydrogens (primary N) is 1. The molecule has 1 aliphatic heterocycles. The molecule has 7 nitrogen and oxygen atoms in total. The second kappa shape index (κ2) is 5.73. The number of carbonyl (C=O) groups is 2. The summed E-state index contributed by atoms with van der Waals surface area (Å²) in [5.74, 6) is 0.330. The highest BCUT2D eigenvalue weighted by molar-refractivity contribution is 5.93. The van der Waals surface area contributed by atoms with Crippen molar-refractivity contribution in [3.63, 3.8) is 0 Å². The highest BCUT2D eigenvalue weighted by Crippen LogP contribution is 2.10. The van der Waals surface area contributed by atoms with Crippen LogP contribution in [0, 0.1) is 0 Å². The van der Waals surface area contributed by atoms with E-state index < -0.39 is 0 Å². The predicted molar refractivity (Wildman–Crippen MR) is 70.4 cm³/mol. The molecule has 1 aromatic rings.